The van der Waals surface area contributed by atoms with Crippen LogP contribution in [0.3, 0.4) is 0 Å². The van der Waals surface area contributed by atoms with E-state index in [1.165, 1.54) is 77.5 Å². The second-order valence-corrected chi connectivity index (χ2v) is 9.47. The molecule has 6 nitrogen and oxygen atoms in total. The van der Waals surface area contributed by atoms with Crippen molar-refractivity contribution in [3.63, 3.8) is 0 Å². The summed E-state index contributed by atoms with van der Waals surface area (Å²) >= 11 is 0. The number of likely N-dealkylation sites (tertiary alicyclic amines) is 1. The highest BCUT2D eigenvalue weighted by molar-refractivity contribution is 5.79. The van der Waals surface area contributed by atoms with Crippen LogP contribution in [0.15, 0.2) is 4.99 Å². The number of hydrogen-bond acceptors (Lipinski definition) is 4. The molecule has 29 heavy (non-hydrogen) atoms. The van der Waals surface area contributed by atoms with E-state index in [0.29, 0.717) is 5.41 Å². The van der Waals surface area contributed by atoms with Gasteiger partial charge in [0.1, 0.15) is 0 Å². The number of aliphatic imine (C=N–C) groups is 1. The third-order valence-electron chi connectivity index (χ3n) is 7.43. The second-order valence-electron chi connectivity index (χ2n) is 9.47. The van der Waals surface area contributed by atoms with E-state index < -0.39 is 0 Å². The van der Waals surface area contributed by atoms with Gasteiger partial charge in [-0.25, -0.2) is 0 Å². The first-order valence-corrected chi connectivity index (χ1v) is 12.2. The third-order valence-corrected chi connectivity index (χ3v) is 7.43. The molecule has 6 heteroatoms. The number of nitrogens with one attached hydrogen (secondary N) is 2. The van der Waals surface area contributed by atoms with Crippen molar-refractivity contribution in [1.29, 1.82) is 0 Å². The van der Waals surface area contributed by atoms with Crippen LogP contribution < -0.4 is 10.6 Å². The standard InChI is InChI=1S/C23H45N5O/c1-3-27-13-8-21(9-14-27)7-12-25-22(24-2)26-19-23(10-5-4-6-11-23)20-28-15-17-29-18-16-28/h21H,3-20H2,1-2H3,(H2,24,25,26). The molecule has 2 aliphatic heterocycles. The molecule has 0 atom stereocenters. The number of morpholine rings is 1. The summed E-state index contributed by atoms with van der Waals surface area (Å²) in [5.74, 6) is 1.86. The Labute approximate surface area is 178 Å². The number of rotatable bonds is 8. The molecular weight excluding hydrogens is 362 g/mol. The SMILES string of the molecule is CCN1CCC(CCNC(=NC)NCC2(CN3CCOCC3)CCCCC2)CC1. The lowest BCUT2D eigenvalue weighted by Gasteiger charge is -2.42. The minimum Gasteiger partial charge on any atom is -0.379 e. The topological polar surface area (TPSA) is 52.1 Å². The van der Waals surface area contributed by atoms with Crippen LogP contribution in [0.4, 0.5) is 0 Å². The van der Waals surface area contributed by atoms with Crippen LogP contribution in [0, 0.1) is 11.3 Å². The van der Waals surface area contributed by atoms with E-state index in [1.807, 2.05) is 7.05 Å². The fourth-order valence-corrected chi connectivity index (χ4v) is 5.40. The van der Waals surface area contributed by atoms with Crippen molar-refractivity contribution in [3.8, 4) is 0 Å². The summed E-state index contributed by atoms with van der Waals surface area (Å²) in [5, 5.41) is 7.29. The highest BCUT2D eigenvalue weighted by Gasteiger charge is 2.34. The molecule has 3 fully saturated rings. The largest absolute Gasteiger partial charge is 0.379 e. The normalized spacial score (nSPS) is 25.1. The Morgan fingerprint density at radius 3 is 2.38 bits per heavy atom. The van der Waals surface area contributed by atoms with Crippen molar-refractivity contribution < 1.29 is 4.74 Å². The van der Waals surface area contributed by atoms with Crippen LogP contribution >= 0.6 is 0 Å². The lowest BCUT2D eigenvalue weighted by Crippen LogP contribution is -2.51. The maximum atomic E-state index is 5.55. The highest BCUT2D eigenvalue weighted by atomic mass is 16.5. The number of ether oxygens (including phenoxy) is 1. The molecule has 0 bridgehead atoms. The lowest BCUT2D eigenvalue weighted by atomic mass is 9.73. The van der Waals surface area contributed by atoms with Gasteiger partial charge in [-0.15, -0.1) is 0 Å². The molecule has 3 rings (SSSR count). The molecule has 0 spiro atoms. The van der Waals surface area contributed by atoms with Gasteiger partial charge >= 0.3 is 0 Å². The van der Waals surface area contributed by atoms with Crippen molar-refractivity contribution in [1.82, 2.24) is 20.4 Å². The zero-order valence-corrected chi connectivity index (χ0v) is 19.1. The molecule has 0 aromatic carbocycles. The van der Waals surface area contributed by atoms with Gasteiger partial charge in [0.2, 0.25) is 0 Å². The van der Waals surface area contributed by atoms with Crippen LogP contribution in [-0.2, 0) is 4.74 Å². The third kappa shape index (κ3) is 7.41. The second kappa shape index (κ2) is 12.1. The molecule has 0 unspecified atom stereocenters. The van der Waals surface area contributed by atoms with Crippen LogP contribution in [0.2, 0.25) is 0 Å². The molecule has 2 saturated heterocycles. The van der Waals surface area contributed by atoms with E-state index in [-0.39, 0.29) is 0 Å². The molecule has 0 radical (unpaired) electrons. The predicted molar refractivity (Wildman–Crippen MR) is 122 cm³/mol. The summed E-state index contributed by atoms with van der Waals surface area (Å²) in [7, 11) is 1.91. The first kappa shape index (κ1) is 22.8. The van der Waals surface area contributed by atoms with Crippen molar-refractivity contribution in [3.05, 3.63) is 0 Å². The van der Waals surface area contributed by atoms with Gasteiger partial charge in [-0.3, -0.25) is 9.89 Å². The predicted octanol–water partition coefficient (Wildman–Crippen LogP) is 2.56. The fraction of sp³-hybridized carbons (Fsp3) is 0.957. The van der Waals surface area contributed by atoms with E-state index in [1.54, 1.807) is 0 Å². The van der Waals surface area contributed by atoms with Gasteiger partial charge in [-0.2, -0.15) is 0 Å². The highest BCUT2D eigenvalue weighted by Crippen LogP contribution is 2.36. The number of piperidine rings is 1. The van der Waals surface area contributed by atoms with Crippen LogP contribution in [-0.4, -0.2) is 88.4 Å². The molecule has 168 valence electrons. The molecule has 1 aliphatic carbocycles. The van der Waals surface area contributed by atoms with Gasteiger partial charge in [-0.05, 0) is 57.7 Å². The average molecular weight is 408 g/mol. The summed E-state index contributed by atoms with van der Waals surface area (Å²) < 4.78 is 5.55. The molecule has 0 amide bonds. The van der Waals surface area contributed by atoms with Gasteiger partial charge in [0.05, 0.1) is 13.2 Å². The summed E-state index contributed by atoms with van der Waals surface area (Å²) in [5.41, 5.74) is 0.389. The van der Waals surface area contributed by atoms with E-state index in [9.17, 15) is 0 Å². The Hall–Kier alpha value is -0.850. The number of nitrogens with zero attached hydrogens (tertiary/aromatic N) is 3. The van der Waals surface area contributed by atoms with Crippen molar-refractivity contribution in [2.24, 2.45) is 16.3 Å². The summed E-state index contributed by atoms with van der Waals surface area (Å²) in [6.07, 6.45) is 10.8. The zero-order chi connectivity index (χ0) is 20.4. The maximum absolute atomic E-state index is 5.55. The molecule has 2 heterocycles. The van der Waals surface area contributed by atoms with E-state index >= 15 is 0 Å². The monoisotopic (exact) mass is 407 g/mol. The first-order valence-electron chi connectivity index (χ1n) is 12.2. The summed E-state index contributed by atoms with van der Waals surface area (Å²) in [4.78, 5) is 9.70. The molecule has 1 saturated carbocycles. The molecule has 2 N–H and O–H groups in total. The van der Waals surface area contributed by atoms with Crippen molar-refractivity contribution in [2.75, 3.05) is 72.6 Å². The lowest BCUT2D eigenvalue weighted by molar-refractivity contribution is 0.00820. The minimum atomic E-state index is 0.389. The minimum absolute atomic E-state index is 0.389. The maximum Gasteiger partial charge on any atom is 0.190 e. The summed E-state index contributed by atoms with van der Waals surface area (Å²) in [6, 6.07) is 0. The van der Waals surface area contributed by atoms with Crippen molar-refractivity contribution in [2.45, 2.75) is 58.3 Å². The van der Waals surface area contributed by atoms with Gasteiger partial charge < -0.3 is 20.3 Å². The number of guanidine groups is 1. The van der Waals surface area contributed by atoms with E-state index in [4.69, 9.17) is 4.74 Å². The zero-order valence-electron chi connectivity index (χ0n) is 19.1. The molecular formula is C23H45N5O. The van der Waals surface area contributed by atoms with Gasteiger partial charge in [-0.1, -0.05) is 26.2 Å². The average Bonchev–Trinajstić information content (AvgIpc) is 2.78. The summed E-state index contributed by atoms with van der Waals surface area (Å²) in [6.45, 7) is 13.3. The Kier molecular flexibility index (Phi) is 9.53. The van der Waals surface area contributed by atoms with Crippen LogP contribution in [0.5, 0.6) is 0 Å². The Morgan fingerprint density at radius 2 is 1.72 bits per heavy atom. The Balaban J connectivity index is 1.41. The number of hydrogen-bond donors (Lipinski definition) is 2. The van der Waals surface area contributed by atoms with E-state index in [2.05, 4.69) is 32.3 Å². The smallest absolute Gasteiger partial charge is 0.190 e. The van der Waals surface area contributed by atoms with Crippen LogP contribution in [0.1, 0.15) is 58.3 Å². The van der Waals surface area contributed by atoms with Gasteiger partial charge in [0.25, 0.3) is 0 Å². The Bertz CT molecular complexity index is 478. The fourth-order valence-electron chi connectivity index (χ4n) is 5.40. The van der Waals surface area contributed by atoms with Gasteiger partial charge in [0.15, 0.2) is 5.96 Å². The van der Waals surface area contributed by atoms with Crippen LogP contribution in [0.25, 0.3) is 0 Å². The molecule has 3 aliphatic rings. The van der Waals surface area contributed by atoms with Gasteiger partial charge in [0, 0.05) is 45.2 Å². The van der Waals surface area contributed by atoms with Crippen molar-refractivity contribution >= 4 is 5.96 Å². The Morgan fingerprint density at radius 1 is 1.00 bits per heavy atom. The quantitative estimate of drug-likeness (QED) is 0.478. The first-order chi connectivity index (χ1) is 14.2. The van der Waals surface area contributed by atoms with E-state index in [0.717, 1.165) is 51.3 Å². The molecule has 0 aromatic heterocycles. The molecule has 0 aromatic rings.